The summed E-state index contributed by atoms with van der Waals surface area (Å²) in [4.78, 5) is 40.5. The summed E-state index contributed by atoms with van der Waals surface area (Å²) in [7, 11) is 0. The average Bonchev–Trinajstić information content (AvgIpc) is 3.22. The van der Waals surface area contributed by atoms with Crippen LogP contribution in [0, 0.1) is 10.1 Å². The first-order chi connectivity index (χ1) is 15.4. The Balaban J connectivity index is 1.51. The van der Waals surface area contributed by atoms with Crippen LogP contribution in [-0.4, -0.2) is 26.6 Å². The Labute approximate surface area is 189 Å². The van der Waals surface area contributed by atoms with Crippen LogP contribution in [0.4, 0.5) is 5.69 Å². The van der Waals surface area contributed by atoms with Crippen molar-refractivity contribution in [2.24, 2.45) is 5.10 Å². The zero-order valence-corrected chi connectivity index (χ0v) is 17.8. The van der Waals surface area contributed by atoms with Gasteiger partial charge in [-0.3, -0.25) is 24.3 Å². The molecule has 2 aromatic carbocycles. The lowest BCUT2D eigenvalue weighted by molar-refractivity contribution is -0.384. The summed E-state index contributed by atoms with van der Waals surface area (Å²) in [5, 5.41) is 17.1. The molecule has 11 heteroatoms. The van der Waals surface area contributed by atoms with Gasteiger partial charge in [0.25, 0.3) is 17.2 Å². The molecule has 2 heterocycles. The number of hydrogen-bond donors (Lipinski definition) is 1. The third-order valence-corrected chi connectivity index (χ3v) is 5.74. The number of nitrogens with zero attached hydrogens (tertiary/aromatic N) is 4. The first-order valence-corrected chi connectivity index (χ1v) is 10.5. The number of rotatable bonds is 6. The highest BCUT2D eigenvalue weighted by atomic mass is 35.5. The van der Waals surface area contributed by atoms with Gasteiger partial charge in [0.05, 0.1) is 22.9 Å². The van der Waals surface area contributed by atoms with Gasteiger partial charge in [-0.05, 0) is 11.6 Å². The highest BCUT2D eigenvalue weighted by Crippen LogP contribution is 2.30. The molecule has 0 aliphatic heterocycles. The third-order valence-electron chi connectivity index (χ3n) is 4.53. The number of thiophene rings is 1. The lowest BCUT2D eigenvalue weighted by Crippen LogP contribution is -2.30. The van der Waals surface area contributed by atoms with E-state index in [0.717, 1.165) is 11.1 Å². The van der Waals surface area contributed by atoms with E-state index in [1.165, 1.54) is 46.6 Å². The van der Waals surface area contributed by atoms with E-state index in [9.17, 15) is 19.7 Å². The summed E-state index contributed by atoms with van der Waals surface area (Å²) in [6.45, 7) is -0.288. The Kier molecular flexibility index (Phi) is 6.06. The van der Waals surface area contributed by atoms with Gasteiger partial charge in [-0.1, -0.05) is 48.0 Å². The Bertz CT molecular complexity index is 1410. The van der Waals surface area contributed by atoms with Gasteiger partial charge < -0.3 is 0 Å². The van der Waals surface area contributed by atoms with Gasteiger partial charge in [0.2, 0.25) is 0 Å². The second-order valence-electron chi connectivity index (χ2n) is 6.63. The number of nitrogens with one attached hydrogen (secondary N) is 1. The number of nitro groups is 1. The Morgan fingerprint density at radius 2 is 2.06 bits per heavy atom. The molecular formula is C21H14ClN5O4S. The van der Waals surface area contributed by atoms with Gasteiger partial charge >= 0.3 is 0 Å². The molecule has 1 N–H and O–H groups in total. The second kappa shape index (κ2) is 9.08. The summed E-state index contributed by atoms with van der Waals surface area (Å²) < 4.78 is 1.21. The summed E-state index contributed by atoms with van der Waals surface area (Å²) in [6, 6.07) is 13.6. The van der Waals surface area contributed by atoms with Crippen molar-refractivity contribution in [1.29, 1.82) is 0 Å². The maximum atomic E-state index is 13.0. The number of benzene rings is 2. The highest BCUT2D eigenvalue weighted by molar-refractivity contribution is 7.17. The van der Waals surface area contributed by atoms with E-state index in [4.69, 9.17) is 11.6 Å². The number of aromatic nitrogens is 2. The molecular weight excluding hydrogens is 454 g/mol. The minimum atomic E-state index is -0.609. The molecule has 0 bridgehead atoms. The third kappa shape index (κ3) is 4.41. The zero-order chi connectivity index (χ0) is 22.7. The fourth-order valence-electron chi connectivity index (χ4n) is 3.03. The first kappa shape index (κ1) is 21.3. The van der Waals surface area contributed by atoms with Crippen LogP contribution in [0.25, 0.3) is 21.3 Å². The summed E-state index contributed by atoms with van der Waals surface area (Å²) in [5.41, 5.74) is 3.74. The molecule has 0 saturated heterocycles. The molecule has 0 saturated carbocycles. The molecule has 32 heavy (non-hydrogen) atoms. The molecule has 9 nitrogen and oxygen atoms in total. The topological polar surface area (TPSA) is 119 Å². The fourth-order valence-corrected chi connectivity index (χ4v) is 4.12. The highest BCUT2D eigenvalue weighted by Gasteiger charge is 2.15. The van der Waals surface area contributed by atoms with Gasteiger partial charge in [-0.25, -0.2) is 10.4 Å². The van der Waals surface area contributed by atoms with Crippen LogP contribution < -0.4 is 11.0 Å². The molecule has 2 aromatic heterocycles. The second-order valence-corrected chi connectivity index (χ2v) is 7.90. The van der Waals surface area contributed by atoms with E-state index in [-0.39, 0.29) is 22.8 Å². The van der Waals surface area contributed by atoms with E-state index in [1.807, 2.05) is 35.7 Å². The van der Waals surface area contributed by atoms with Crippen molar-refractivity contribution in [3.8, 4) is 11.1 Å². The van der Waals surface area contributed by atoms with Crippen molar-refractivity contribution < 1.29 is 9.72 Å². The smallest absolute Gasteiger partial charge is 0.288 e. The number of fused-ring (bicyclic) bond motifs is 1. The van der Waals surface area contributed by atoms with Crippen LogP contribution in [0.1, 0.15) is 5.56 Å². The quantitative estimate of drug-likeness (QED) is 0.262. The van der Waals surface area contributed by atoms with Crippen LogP contribution >= 0.6 is 22.9 Å². The lowest BCUT2D eigenvalue weighted by atomic mass is 10.1. The number of hydrogen-bond acceptors (Lipinski definition) is 7. The SMILES string of the molecule is O=C(Cn1cnc2scc(-c3ccccc3)c2c1=O)N/N=C/c1ccc(Cl)c([N+](=O)[O-])c1. The van der Waals surface area contributed by atoms with Crippen LogP contribution in [-0.2, 0) is 11.3 Å². The normalized spacial score (nSPS) is 11.2. The van der Waals surface area contributed by atoms with Crippen LogP contribution in [0.2, 0.25) is 5.02 Å². The minimum Gasteiger partial charge on any atom is -0.289 e. The van der Waals surface area contributed by atoms with E-state index in [1.54, 1.807) is 0 Å². The van der Waals surface area contributed by atoms with Gasteiger partial charge in [0.15, 0.2) is 0 Å². The van der Waals surface area contributed by atoms with E-state index >= 15 is 0 Å². The summed E-state index contributed by atoms with van der Waals surface area (Å²) in [5.74, 6) is -0.551. The predicted octanol–water partition coefficient (Wildman–Crippen LogP) is 3.84. The van der Waals surface area contributed by atoms with Gasteiger partial charge in [0.1, 0.15) is 16.4 Å². The molecule has 0 radical (unpaired) electrons. The molecule has 0 spiro atoms. The Morgan fingerprint density at radius 3 is 2.81 bits per heavy atom. The van der Waals surface area contributed by atoms with Crippen LogP contribution in [0.3, 0.4) is 0 Å². The minimum absolute atomic E-state index is 0.00163. The molecule has 4 rings (SSSR count). The van der Waals surface area contributed by atoms with Crippen molar-refractivity contribution in [1.82, 2.24) is 15.0 Å². The molecule has 0 fully saturated rings. The number of halogens is 1. The molecule has 160 valence electrons. The standard InChI is InChI=1S/C21H14ClN5O4S/c22-16-7-6-13(8-17(16)27(30)31)9-24-25-18(28)10-26-12-23-20-19(21(26)29)15(11-32-20)14-4-2-1-3-5-14/h1-9,11-12H,10H2,(H,25,28)/b24-9+. The number of amides is 1. The van der Waals surface area contributed by atoms with E-state index in [0.29, 0.717) is 15.8 Å². The van der Waals surface area contributed by atoms with Crippen LogP contribution in [0.15, 0.2) is 70.1 Å². The maximum Gasteiger partial charge on any atom is 0.288 e. The van der Waals surface area contributed by atoms with E-state index in [2.05, 4.69) is 15.5 Å². The molecule has 0 unspecified atom stereocenters. The maximum absolute atomic E-state index is 13.0. The number of nitro benzene ring substituents is 1. The summed E-state index contributed by atoms with van der Waals surface area (Å²) in [6.07, 6.45) is 2.57. The average molecular weight is 468 g/mol. The van der Waals surface area contributed by atoms with Crippen molar-refractivity contribution in [3.63, 3.8) is 0 Å². The molecule has 0 atom stereocenters. The van der Waals surface area contributed by atoms with Crippen molar-refractivity contribution in [2.45, 2.75) is 6.54 Å². The zero-order valence-electron chi connectivity index (χ0n) is 16.3. The Hall–Kier alpha value is -3.89. The fraction of sp³-hybridized carbons (Fsp3) is 0.0476. The Morgan fingerprint density at radius 1 is 1.28 bits per heavy atom. The van der Waals surface area contributed by atoms with Gasteiger partial charge in [0, 0.05) is 22.6 Å². The lowest BCUT2D eigenvalue weighted by Gasteiger charge is -2.05. The van der Waals surface area contributed by atoms with Gasteiger partial charge in [-0.2, -0.15) is 5.10 Å². The first-order valence-electron chi connectivity index (χ1n) is 9.22. The van der Waals surface area contributed by atoms with Crippen LogP contribution in [0.5, 0.6) is 0 Å². The van der Waals surface area contributed by atoms with E-state index < -0.39 is 10.8 Å². The molecule has 0 aliphatic carbocycles. The van der Waals surface area contributed by atoms with Crippen molar-refractivity contribution in [3.05, 3.63) is 91.3 Å². The number of hydrazone groups is 1. The largest absolute Gasteiger partial charge is 0.289 e. The molecule has 0 aliphatic rings. The van der Waals surface area contributed by atoms with Crippen molar-refractivity contribution in [2.75, 3.05) is 0 Å². The van der Waals surface area contributed by atoms with Gasteiger partial charge in [-0.15, -0.1) is 11.3 Å². The molecule has 1 amide bonds. The van der Waals surface area contributed by atoms with Crippen molar-refractivity contribution >= 4 is 51.0 Å². The monoisotopic (exact) mass is 467 g/mol. The molecule has 4 aromatic rings. The number of carbonyl (C=O) groups excluding carboxylic acids is 1. The summed E-state index contributed by atoms with van der Waals surface area (Å²) >= 11 is 7.13. The number of carbonyl (C=O) groups is 1. The predicted molar refractivity (Wildman–Crippen MR) is 123 cm³/mol.